The number of anilines is 2. The van der Waals surface area contributed by atoms with Gasteiger partial charge in [-0.1, -0.05) is 6.07 Å². The highest BCUT2D eigenvalue weighted by atomic mass is 16.7. The van der Waals surface area contributed by atoms with Crippen molar-refractivity contribution in [1.29, 1.82) is 0 Å². The van der Waals surface area contributed by atoms with E-state index in [2.05, 4.69) is 5.32 Å². The second kappa shape index (κ2) is 10.3. The van der Waals surface area contributed by atoms with Crippen LogP contribution in [0.2, 0.25) is 0 Å². The van der Waals surface area contributed by atoms with Gasteiger partial charge in [0.05, 0.1) is 23.2 Å². The van der Waals surface area contributed by atoms with Crippen LogP contribution in [0.3, 0.4) is 0 Å². The Kier molecular flexibility index (Phi) is 6.93. The number of likely N-dealkylation sites (N-methyl/N-ethyl adjacent to an activating group) is 1. The molecule has 0 saturated heterocycles. The number of nitrogens with two attached hydrogens (primary N) is 1. The van der Waals surface area contributed by atoms with E-state index >= 15 is 0 Å². The second-order valence-electron chi connectivity index (χ2n) is 12.4. The summed E-state index contributed by atoms with van der Waals surface area (Å²) < 4.78 is 10.8. The van der Waals surface area contributed by atoms with E-state index in [-0.39, 0.29) is 43.2 Å². The number of Topliss-reactive ketones (excluding diaryl/α,β-unsaturated/α-hetero) is 4. The lowest BCUT2D eigenvalue weighted by molar-refractivity contribution is -0.181. The Hall–Kier alpha value is -4.49. The molecule has 3 aliphatic carbocycles. The van der Waals surface area contributed by atoms with E-state index in [9.17, 15) is 34.2 Å². The van der Waals surface area contributed by atoms with Crippen molar-refractivity contribution in [2.24, 2.45) is 29.4 Å². The number of nitrogens with zero attached hydrogens (tertiary/aromatic N) is 2. The number of rotatable bonds is 6. The standard InChI is InChI=1S/C31H34N4O9/c1-34(2)18-10-17(33-11-13-5-6-19-20(7-13)44-12-43-19)25(36)22-15(18)8-14-9-16-24(35(3)4)27(38)23(30(32)41)29(40)31(16,42)28(39)21(14)26(22)37/h5-7,10,14,16,21,23-24,33,36,42H,8-9,11-12H2,1-4H3,(H2,32,41). The number of nitrogens with one attached hydrogen (secondary N) is 1. The molecule has 232 valence electrons. The molecule has 13 nitrogen and oxygen atoms in total. The number of ether oxygens (including phenoxy) is 2. The lowest BCUT2D eigenvalue weighted by Crippen LogP contribution is -2.74. The van der Waals surface area contributed by atoms with Gasteiger partial charge in [0, 0.05) is 32.2 Å². The van der Waals surface area contributed by atoms with Crippen molar-refractivity contribution >= 4 is 40.4 Å². The van der Waals surface area contributed by atoms with Crippen LogP contribution in [0, 0.1) is 23.7 Å². The molecule has 2 aromatic rings. The Morgan fingerprint density at radius 1 is 1.07 bits per heavy atom. The number of hydrogen-bond acceptors (Lipinski definition) is 12. The van der Waals surface area contributed by atoms with E-state index in [0.29, 0.717) is 22.7 Å². The summed E-state index contributed by atoms with van der Waals surface area (Å²) in [5.74, 6) is -9.62. The number of phenols is 1. The molecule has 6 rings (SSSR count). The van der Waals surface area contributed by atoms with Crippen LogP contribution in [0.1, 0.15) is 27.9 Å². The maximum absolute atomic E-state index is 14.2. The van der Waals surface area contributed by atoms with Crippen molar-refractivity contribution < 1.29 is 43.7 Å². The smallest absolute Gasteiger partial charge is 0.235 e. The summed E-state index contributed by atoms with van der Waals surface area (Å²) in [5.41, 5.74) is 4.78. The number of benzene rings is 2. The SMILES string of the molecule is CN(C)c1cc(NCc2ccc3c(c2)OCO3)c(O)c2c1CC1CC3C(N(C)C)C(=O)C(C(N)=O)C(=O)C3(O)C(=O)C1C2=O. The van der Waals surface area contributed by atoms with Crippen LogP contribution in [-0.4, -0.2) is 90.8 Å². The molecule has 6 atom stereocenters. The fourth-order valence-corrected chi connectivity index (χ4v) is 7.43. The van der Waals surface area contributed by atoms with E-state index in [4.69, 9.17) is 15.2 Å². The van der Waals surface area contributed by atoms with Crippen molar-refractivity contribution in [3.63, 3.8) is 0 Å². The maximum Gasteiger partial charge on any atom is 0.235 e. The summed E-state index contributed by atoms with van der Waals surface area (Å²) in [5, 5.41) is 26.4. The quantitative estimate of drug-likeness (QED) is 0.260. The zero-order valence-corrected chi connectivity index (χ0v) is 24.7. The zero-order valence-electron chi connectivity index (χ0n) is 24.7. The molecule has 1 heterocycles. The van der Waals surface area contributed by atoms with Crippen molar-refractivity contribution in [2.45, 2.75) is 31.0 Å². The number of phenolic OH excluding ortho intramolecular Hbond substituents is 1. The van der Waals surface area contributed by atoms with Crippen LogP contribution in [0.25, 0.3) is 0 Å². The van der Waals surface area contributed by atoms with Gasteiger partial charge in [-0.25, -0.2) is 0 Å². The molecular formula is C31H34N4O9. The number of ketones is 4. The lowest BCUT2D eigenvalue weighted by Gasteiger charge is -2.52. The number of hydrogen-bond donors (Lipinski definition) is 4. The maximum atomic E-state index is 14.2. The molecule has 2 saturated carbocycles. The number of amides is 1. The van der Waals surface area contributed by atoms with Crippen LogP contribution in [0.15, 0.2) is 24.3 Å². The number of carbonyl (C=O) groups excluding carboxylic acids is 5. The van der Waals surface area contributed by atoms with Gasteiger partial charge in [0.15, 0.2) is 46.2 Å². The molecule has 0 bridgehead atoms. The Morgan fingerprint density at radius 3 is 2.43 bits per heavy atom. The molecule has 0 radical (unpaired) electrons. The summed E-state index contributed by atoms with van der Waals surface area (Å²) in [6.07, 6.45) is 0.164. The van der Waals surface area contributed by atoms with Gasteiger partial charge >= 0.3 is 0 Å². The summed E-state index contributed by atoms with van der Waals surface area (Å²) in [4.78, 5) is 70.5. The molecule has 0 aromatic heterocycles. The first-order valence-electron chi connectivity index (χ1n) is 14.3. The molecule has 5 N–H and O–H groups in total. The predicted molar refractivity (Wildman–Crippen MR) is 156 cm³/mol. The van der Waals surface area contributed by atoms with Gasteiger partial charge < -0.3 is 35.6 Å². The Bertz CT molecular complexity index is 1640. The summed E-state index contributed by atoms with van der Waals surface area (Å²) >= 11 is 0. The average Bonchev–Trinajstić information content (AvgIpc) is 3.42. The van der Waals surface area contributed by atoms with Gasteiger partial charge in [-0.2, -0.15) is 0 Å². The highest BCUT2D eigenvalue weighted by Gasteiger charge is 2.69. The van der Waals surface area contributed by atoms with Crippen molar-refractivity contribution in [2.75, 3.05) is 45.2 Å². The number of aliphatic hydroxyl groups is 1. The van der Waals surface area contributed by atoms with E-state index in [0.717, 1.165) is 5.56 Å². The van der Waals surface area contributed by atoms with Gasteiger partial charge in [0.2, 0.25) is 12.7 Å². The van der Waals surface area contributed by atoms with Gasteiger partial charge in [0.25, 0.3) is 0 Å². The van der Waals surface area contributed by atoms with Gasteiger partial charge in [0.1, 0.15) is 5.75 Å². The van der Waals surface area contributed by atoms with Crippen molar-refractivity contribution in [3.8, 4) is 17.2 Å². The third kappa shape index (κ3) is 4.17. The fourth-order valence-electron chi connectivity index (χ4n) is 7.43. The molecule has 13 heteroatoms. The first-order valence-corrected chi connectivity index (χ1v) is 14.3. The molecule has 6 unspecified atom stereocenters. The monoisotopic (exact) mass is 606 g/mol. The minimum absolute atomic E-state index is 0.0123. The summed E-state index contributed by atoms with van der Waals surface area (Å²) in [6.45, 7) is 0.392. The molecular weight excluding hydrogens is 572 g/mol. The minimum atomic E-state index is -2.77. The largest absolute Gasteiger partial charge is 0.505 e. The van der Waals surface area contributed by atoms with Gasteiger partial charge in [-0.05, 0) is 62.2 Å². The van der Waals surface area contributed by atoms with Crippen LogP contribution in [0.5, 0.6) is 17.2 Å². The molecule has 2 fully saturated rings. The van der Waals surface area contributed by atoms with Crippen LogP contribution >= 0.6 is 0 Å². The third-order valence-corrected chi connectivity index (χ3v) is 9.44. The van der Waals surface area contributed by atoms with Gasteiger partial charge in [-0.3, -0.25) is 28.9 Å². The Morgan fingerprint density at radius 2 is 1.77 bits per heavy atom. The molecule has 4 aliphatic rings. The van der Waals surface area contributed by atoms with Crippen LogP contribution in [0.4, 0.5) is 11.4 Å². The first-order chi connectivity index (χ1) is 20.8. The zero-order chi connectivity index (χ0) is 31.8. The van der Waals surface area contributed by atoms with Crippen LogP contribution < -0.4 is 25.4 Å². The van der Waals surface area contributed by atoms with E-state index in [1.807, 2.05) is 6.07 Å². The molecule has 44 heavy (non-hydrogen) atoms. The van der Waals surface area contributed by atoms with Crippen molar-refractivity contribution in [3.05, 3.63) is 41.0 Å². The van der Waals surface area contributed by atoms with Crippen LogP contribution in [-0.2, 0) is 32.1 Å². The lowest BCUT2D eigenvalue weighted by atomic mass is 9.52. The summed E-state index contributed by atoms with van der Waals surface area (Å²) in [7, 11) is 6.68. The number of primary amides is 1. The first kappa shape index (κ1) is 29.6. The number of fused-ring (bicyclic) bond motifs is 4. The highest BCUT2D eigenvalue weighted by molar-refractivity contribution is 6.32. The van der Waals surface area contributed by atoms with E-state index in [1.54, 1.807) is 51.3 Å². The second-order valence-corrected chi connectivity index (χ2v) is 12.4. The molecule has 0 spiro atoms. The number of aromatic hydroxyl groups is 1. The normalized spacial score (nSPS) is 28.8. The van der Waals surface area contributed by atoms with E-state index in [1.165, 1.54) is 4.90 Å². The van der Waals surface area contributed by atoms with Gasteiger partial charge in [-0.15, -0.1) is 0 Å². The fraction of sp³-hybridized carbons (Fsp3) is 0.452. The van der Waals surface area contributed by atoms with Crippen molar-refractivity contribution in [1.82, 2.24) is 4.90 Å². The summed E-state index contributed by atoms with van der Waals surface area (Å²) in [6, 6.07) is 5.99. The Labute approximate surface area is 252 Å². The minimum Gasteiger partial charge on any atom is -0.505 e. The van der Waals surface area contributed by atoms with E-state index < -0.39 is 64.4 Å². The highest BCUT2D eigenvalue weighted by Crippen LogP contribution is 2.52. The molecule has 1 aliphatic heterocycles. The third-order valence-electron chi connectivity index (χ3n) is 9.44. The Balaban J connectivity index is 1.40. The average molecular weight is 607 g/mol. The topological polar surface area (TPSA) is 189 Å². The molecule has 2 aromatic carbocycles. The number of carbonyl (C=O) groups is 5. The predicted octanol–water partition coefficient (Wildman–Crippen LogP) is 0.274. The molecule has 1 amide bonds.